The number of hydrogen-bond acceptors (Lipinski definition) is 1. The van der Waals surface area contributed by atoms with E-state index in [2.05, 4.69) is 13.8 Å². The lowest BCUT2D eigenvalue weighted by atomic mass is 9.52. The minimum atomic E-state index is 0.314. The predicted octanol–water partition coefficient (Wildman–Crippen LogP) is 2.44. The third-order valence-corrected chi connectivity index (χ3v) is 4.84. The summed E-state index contributed by atoms with van der Waals surface area (Å²) in [5, 5.41) is 9.45. The van der Waals surface area contributed by atoms with Crippen molar-refractivity contribution in [2.24, 2.45) is 23.2 Å². The lowest BCUT2D eigenvalue weighted by molar-refractivity contribution is -0.0758. The zero-order valence-electron chi connectivity index (χ0n) is 8.21. The smallest absolute Gasteiger partial charge is 0.0490 e. The van der Waals surface area contributed by atoms with Crippen molar-refractivity contribution in [3.05, 3.63) is 0 Å². The number of aliphatic hydroxyl groups excluding tert-OH is 1. The normalized spacial score (nSPS) is 52.8. The molecule has 1 nitrogen and oxygen atoms in total. The van der Waals surface area contributed by atoms with Crippen LogP contribution in [-0.4, -0.2) is 11.7 Å². The molecular weight excluding hydrogens is 148 g/mol. The van der Waals surface area contributed by atoms with Crippen molar-refractivity contribution in [2.75, 3.05) is 6.61 Å². The molecule has 1 heteroatoms. The second-order valence-corrected chi connectivity index (χ2v) is 5.01. The second kappa shape index (κ2) is 2.73. The van der Waals surface area contributed by atoms with E-state index in [-0.39, 0.29) is 0 Å². The molecule has 0 amide bonds. The molecule has 3 aliphatic carbocycles. The van der Waals surface area contributed by atoms with Crippen LogP contribution in [0.25, 0.3) is 0 Å². The van der Waals surface area contributed by atoms with Crippen molar-refractivity contribution in [3.63, 3.8) is 0 Å². The van der Waals surface area contributed by atoms with Crippen molar-refractivity contribution in [2.45, 2.75) is 39.5 Å². The summed E-state index contributed by atoms with van der Waals surface area (Å²) in [4.78, 5) is 0. The van der Waals surface area contributed by atoms with Crippen LogP contribution >= 0.6 is 0 Å². The van der Waals surface area contributed by atoms with E-state index in [1.807, 2.05) is 0 Å². The van der Waals surface area contributed by atoms with Crippen LogP contribution in [0, 0.1) is 23.2 Å². The summed E-state index contributed by atoms with van der Waals surface area (Å²) in [6.45, 7) is 5.13. The van der Waals surface area contributed by atoms with Gasteiger partial charge in [-0.3, -0.25) is 0 Å². The predicted molar refractivity (Wildman–Crippen MR) is 49.8 cm³/mol. The highest BCUT2D eigenvalue weighted by Gasteiger charge is 2.48. The van der Waals surface area contributed by atoms with Gasteiger partial charge >= 0.3 is 0 Å². The Bertz CT molecular complexity index is 168. The highest BCUT2D eigenvalue weighted by atomic mass is 16.3. The van der Waals surface area contributed by atoms with Gasteiger partial charge in [0.15, 0.2) is 0 Å². The van der Waals surface area contributed by atoms with E-state index in [1.165, 1.54) is 25.7 Å². The van der Waals surface area contributed by atoms with Gasteiger partial charge in [-0.15, -0.1) is 0 Å². The van der Waals surface area contributed by atoms with Gasteiger partial charge in [-0.1, -0.05) is 13.8 Å². The monoisotopic (exact) mass is 168 g/mol. The van der Waals surface area contributed by atoms with Gasteiger partial charge in [-0.25, -0.2) is 0 Å². The molecule has 0 heterocycles. The third-order valence-electron chi connectivity index (χ3n) is 4.84. The first-order chi connectivity index (χ1) is 5.69. The molecule has 3 rings (SSSR count). The van der Waals surface area contributed by atoms with Crippen molar-refractivity contribution in [3.8, 4) is 0 Å². The Hall–Kier alpha value is -0.0400. The van der Waals surface area contributed by atoms with E-state index in [9.17, 15) is 5.11 Å². The lowest BCUT2D eigenvalue weighted by Crippen LogP contribution is -2.48. The minimum absolute atomic E-state index is 0.314. The van der Waals surface area contributed by atoms with E-state index in [4.69, 9.17) is 0 Å². The number of rotatable bonds is 1. The molecule has 3 saturated carbocycles. The van der Waals surface area contributed by atoms with Gasteiger partial charge in [0.05, 0.1) is 0 Å². The molecule has 3 fully saturated rings. The summed E-state index contributed by atoms with van der Waals surface area (Å²) in [7, 11) is 0. The Balaban J connectivity index is 2.22. The van der Waals surface area contributed by atoms with Crippen LogP contribution in [0.1, 0.15) is 39.5 Å². The SMILES string of the molecule is C[C@@H]1[C@@H](C)C2CCC1(CO)CC2. The molecule has 0 unspecified atom stereocenters. The van der Waals surface area contributed by atoms with Crippen molar-refractivity contribution in [1.29, 1.82) is 0 Å². The number of aliphatic hydroxyl groups is 1. The first-order valence-electron chi connectivity index (χ1n) is 5.30. The molecule has 2 atom stereocenters. The van der Waals surface area contributed by atoms with Crippen LogP contribution in [0.5, 0.6) is 0 Å². The molecule has 0 aromatic carbocycles. The topological polar surface area (TPSA) is 20.2 Å². The molecule has 70 valence electrons. The van der Waals surface area contributed by atoms with Gasteiger partial charge in [0.25, 0.3) is 0 Å². The fraction of sp³-hybridized carbons (Fsp3) is 1.00. The Kier molecular flexibility index (Phi) is 1.95. The summed E-state index contributed by atoms with van der Waals surface area (Å²) in [6.07, 6.45) is 5.29. The third kappa shape index (κ3) is 0.953. The van der Waals surface area contributed by atoms with Crippen molar-refractivity contribution in [1.82, 2.24) is 0 Å². The largest absolute Gasteiger partial charge is 0.396 e. The summed E-state index contributed by atoms with van der Waals surface area (Å²) >= 11 is 0. The second-order valence-electron chi connectivity index (χ2n) is 5.01. The quantitative estimate of drug-likeness (QED) is 0.637. The highest BCUT2D eigenvalue weighted by molar-refractivity contribution is 4.98. The van der Waals surface area contributed by atoms with Gasteiger partial charge in [0.1, 0.15) is 0 Å². The molecule has 0 saturated heterocycles. The zero-order chi connectivity index (χ0) is 8.77. The first-order valence-corrected chi connectivity index (χ1v) is 5.30. The van der Waals surface area contributed by atoms with Crippen LogP contribution in [0.15, 0.2) is 0 Å². The number of fused-ring (bicyclic) bond motifs is 3. The molecule has 0 aromatic rings. The van der Waals surface area contributed by atoms with E-state index >= 15 is 0 Å². The molecule has 3 aliphatic rings. The Labute approximate surface area is 75.2 Å². The van der Waals surface area contributed by atoms with Crippen molar-refractivity contribution >= 4 is 0 Å². The molecule has 1 N–H and O–H groups in total. The molecule has 0 aromatic heterocycles. The summed E-state index contributed by atoms with van der Waals surface area (Å²) in [5.41, 5.74) is 0.314. The standard InChI is InChI=1S/C11H20O/c1-8-9(2)11(7-12)5-3-10(8)4-6-11/h8-10,12H,3-7H2,1-2H3/t8-,9-,10?,11?/m1/s1. The van der Waals surface area contributed by atoms with Crippen LogP contribution in [-0.2, 0) is 0 Å². The lowest BCUT2D eigenvalue weighted by Gasteiger charge is -2.54. The van der Waals surface area contributed by atoms with Crippen LogP contribution < -0.4 is 0 Å². The zero-order valence-corrected chi connectivity index (χ0v) is 8.21. The van der Waals surface area contributed by atoms with Crippen LogP contribution in [0.3, 0.4) is 0 Å². The highest BCUT2D eigenvalue weighted by Crippen LogP contribution is 2.55. The maximum absolute atomic E-state index is 9.45. The maximum Gasteiger partial charge on any atom is 0.0490 e. The van der Waals surface area contributed by atoms with E-state index < -0.39 is 0 Å². The van der Waals surface area contributed by atoms with E-state index in [0.717, 1.165) is 17.8 Å². The fourth-order valence-electron chi connectivity index (χ4n) is 3.46. The Morgan fingerprint density at radius 2 is 1.83 bits per heavy atom. The van der Waals surface area contributed by atoms with E-state index in [1.54, 1.807) is 0 Å². The minimum Gasteiger partial charge on any atom is -0.396 e. The Morgan fingerprint density at radius 1 is 1.25 bits per heavy atom. The summed E-state index contributed by atoms with van der Waals surface area (Å²) in [5.74, 6) is 2.56. The average molecular weight is 168 g/mol. The molecule has 0 radical (unpaired) electrons. The van der Waals surface area contributed by atoms with Gasteiger partial charge < -0.3 is 5.11 Å². The van der Waals surface area contributed by atoms with Gasteiger partial charge in [0.2, 0.25) is 0 Å². The van der Waals surface area contributed by atoms with E-state index in [0.29, 0.717) is 12.0 Å². The average Bonchev–Trinajstić information content (AvgIpc) is 2.14. The molecule has 0 aliphatic heterocycles. The number of hydrogen-bond donors (Lipinski definition) is 1. The molecule has 2 bridgehead atoms. The van der Waals surface area contributed by atoms with Crippen molar-refractivity contribution < 1.29 is 5.11 Å². The van der Waals surface area contributed by atoms with Crippen LogP contribution in [0.4, 0.5) is 0 Å². The first kappa shape index (κ1) is 8.55. The Morgan fingerprint density at radius 3 is 2.25 bits per heavy atom. The van der Waals surface area contributed by atoms with Gasteiger partial charge in [-0.2, -0.15) is 0 Å². The molecule has 0 spiro atoms. The van der Waals surface area contributed by atoms with Gasteiger partial charge in [0, 0.05) is 6.61 Å². The van der Waals surface area contributed by atoms with Gasteiger partial charge in [-0.05, 0) is 48.9 Å². The molecular formula is C11H20O. The maximum atomic E-state index is 9.45. The summed E-state index contributed by atoms with van der Waals surface area (Å²) in [6, 6.07) is 0. The fourth-order valence-corrected chi connectivity index (χ4v) is 3.46. The summed E-state index contributed by atoms with van der Waals surface area (Å²) < 4.78 is 0. The van der Waals surface area contributed by atoms with Crippen LogP contribution in [0.2, 0.25) is 0 Å². The molecule has 12 heavy (non-hydrogen) atoms.